The predicted molar refractivity (Wildman–Crippen MR) is 145 cm³/mol. The van der Waals surface area contributed by atoms with Crippen LogP contribution in [0.5, 0.6) is 0 Å². The molecule has 3 aromatic heterocycles. The highest BCUT2D eigenvalue weighted by Crippen LogP contribution is 2.30. The average Bonchev–Trinajstić information content (AvgIpc) is 3.44. The number of nitrogens with zero attached hydrogens (tertiary/aromatic N) is 2. The van der Waals surface area contributed by atoms with E-state index in [1.807, 2.05) is 42.1 Å². The number of hydrogen-bond acceptors (Lipinski definition) is 4. The van der Waals surface area contributed by atoms with Crippen molar-refractivity contribution in [2.24, 2.45) is 7.05 Å². The number of aromatic nitrogens is 3. The predicted octanol–water partition coefficient (Wildman–Crippen LogP) is 5.92. The maximum absolute atomic E-state index is 15.1. The zero-order valence-electron chi connectivity index (χ0n) is 20.0. The van der Waals surface area contributed by atoms with Crippen molar-refractivity contribution < 1.29 is 17.6 Å². The van der Waals surface area contributed by atoms with Crippen LogP contribution in [0.2, 0.25) is 5.02 Å². The lowest BCUT2D eigenvalue weighted by Crippen LogP contribution is -2.20. The van der Waals surface area contributed by atoms with Crippen LogP contribution in [0, 0.1) is 5.82 Å². The van der Waals surface area contributed by atoms with Gasteiger partial charge in [-0.15, -0.1) is 0 Å². The Labute approximate surface area is 217 Å². The second kappa shape index (κ2) is 9.53. The molecule has 0 spiro atoms. The van der Waals surface area contributed by atoms with Gasteiger partial charge in [-0.1, -0.05) is 24.6 Å². The summed E-state index contributed by atoms with van der Waals surface area (Å²) in [7, 11) is -1.77. The zero-order chi connectivity index (χ0) is 26.3. The van der Waals surface area contributed by atoms with E-state index in [0.29, 0.717) is 17.8 Å². The number of aromatic amines is 1. The molecule has 1 amide bonds. The van der Waals surface area contributed by atoms with Crippen LogP contribution in [0.1, 0.15) is 23.7 Å². The number of sulfonamides is 1. The summed E-state index contributed by atoms with van der Waals surface area (Å²) in [6, 6.07) is 14.3. The van der Waals surface area contributed by atoms with Gasteiger partial charge >= 0.3 is 0 Å². The Morgan fingerprint density at radius 1 is 1.14 bits per heavy atom. The largest absolute Gasteiger partial charge is 0.351 e. The van der Waals surface area contributed by atoms with Crippen LogP contribution in [0.3, 0.4) is 0 Å². The van der Waals surface area contributed by atoms with Crippen molar-refractivity contribution in [3.05, 3.63) is 77.3 Å². The molecule has 8 nitrogen and oxygen atoms in total. The van der Waals surface area contributed by atoms with E-state index in [1.165, 1.54) is 18.3 Å². The van der Waals surface area contributed by atoms with Gasteiger partial charge in [0.15, 0.2) is 5.82 Å². The molecule has 3 heterocycles. The molecule has 0 fully saturated rings. The number of aryl methyl sites for hydroxylation is 1. The first-order valence-corrected chi connectivity index (χ1v) is 13.5. The van der Waals surface area contributed by atoms with E-state index < -0.39 is 27.3 Å². The lowest BCUT2D eigenvalue weighted by molar-refractivity contribution is 0.102. The quantitative estimate of drug-likeness (QED) is 0.238. The molecule has 0 aliphatic rings. The van der Waals surface area contributed by atoms with Gasteiger partial charge in [0.1, 0.15) is 5.65 Å². The van der Waals surface area contributed by atoms with E-state index in [-0.39, 0.29) is 16.5 Å². The summed E-state index contributed by atoms with van der Waals surface area (Å²) < 4.78 is 43.5. The summed E-state index contributed by atoms with van der Waals surface area (Å²) in [5.74, 6) is -2.07. The minimum Gasteiger partial charge on any atom is -0.351 e. The van der Waals surface area contributed by atoms with Crippen molar-refractivity contribution in [1.29, 1.82) is 0 Å². The van der Waals surface area contributed by atoms with E-state index >= 15 is 4.39 Å². The molecule has 3 N–H and O–H groups in total. The average molecular weight is 540 g/mol. The first-order chi connectivity index (χ1) is 17.6. The SMILES string of the molecule is CCCS(=O)(=O)Nc1ccc(Cl)c(C(=O)Nc2cnc3[nH]c(-c4ccc5c(ccn5C)c4)cc3c2)c1F. The number of hydrogen-bond donors (Lipinski definition) is 3. The molecule has 37 heavy (non-hydrogen) atoms. The van der Waals surface area contributed by atoms with Crippen molar-refractivity contribution in [3.8, 4) is 11.3 Å². The van der Waals surface area contributed by atoms with Crippen molar-refractivity contribution in [1.82, 2.24) is 14.5 Å². The van der Waals surface area contributed by atoms with E-state index in [1.54, 1.807) is 13.0 Å². The van der Waals surface area contributed by atoms with Crippen LogP contribution in [0.15, 0.2) is 60.9 Å². The van der Waals surface area contributed by atoms with Gasteiger partial charge in [-0.2, -0.15) is 0 Å². The van der Waals surface area contributed by atoms with Crippen molar-refractivity contribution >= 4 is 60.8 Å². The first kappa shape index (κ1) is 24.8. The number of carbonyl (C=O) groups is 1. The van der Waals surface area contributed by atoms with Crippen molar-refractivity contribution in [2.75, 3.05) is 15.8 Å². The van der Waals surface area contributed by atoms with Crippen molar-refractivity contribution in [2.45, 2.75) is 13.3 Å². The third-order valence-electron chi connectivity index (χ3n) is 5.98. The number of pyridine rings is 1. The third kappa shape index (κ3) is 4.90. The van der Waals surface area contributed by atoms with Gasteiger partial charge < -0.3 is 14.9 Å². The molecule has 0 aliphatic carbocycles. The second-order valence-electron chi connectivity index (χ2n) is 8.70. The Kier molecular flexibility index (Phi) is 6.38. The number of halogens is 2. The van der Waals surface area contributed by atoms with Gasteiger partial charge in [-0.3, -0.25) is 9.52 Å². The second-order valence-corrected chi connectivity index (χ2v) is 11.0. The maximum Gasteiger partial charge on any atom is 0.260 e. The minimum atomic E-state index is -3.76. The van der Waals surface area contributed by atoms with Crippen LogP contribution in [0.25, 0.3) is 33.2 Å². The Hall–Kier alpha value is -3.89. The molecule has 5 aromatic rings. The number of fused-ring (bicyclic) bond motifs is 2. The number of anilines is 2. The number of H-pyrrole nitrogens is 1. The standard InChI is InChI=1S/C26H23ClFN5O3S/c1-3-10-37(35,36)32-20-6-5-19(27)23(24(20)28)26(34)30-18-12-17-13-21(31-25(17)29-14-18)15-4-7-22-16(11-15)8-9-33(22)2/h4-9,11-14,32H,3,10H2,1-2H3,(H,29,31)(H,30,34). The molecule has 0 radical (unpaired) electrons. The number of benzene rings is 2. The van der Waals surface area contributed by atoms with Crippen LogP contribution >= 0.6 is 11.6 Å². The molecule has 0 unspecified atom stereocenters. The lowest BCUT2D eigenvalue weighted by Gasteiger charge is -2.12. The molecule has 190 valence electrons. The fourth-order valence-corrected chi connectivity index (χ4v) is 5.57. The molecule has 5 rings (SSSR count). The normalized spacial score (nSPS) is 11.8. The Balaban J connectivity index is 1.41. The zero-order valence-corrected chi connectivity index (χ0v) is 21.5. The summed E-state index contributed by atoms with van der Waals surface area (Å²) in [6.07, 6.45) is 3.80. The maximum atomic E-state index is 15.1. The molecule has 0 atom stereocenters. The fourth-order valence-electron chi connectivity index (χ4n) is 4.21. The van der Waals surface area contributed by atoms with Crippen LogP contribution < -0.4 is 10.0 Å². The van der Waals surface area contributed by atoms with Crippen LogP contribution in [-0.2, 0) is 17.1 Å². The van der Waals surface area contributed by atoms with Crippen LogP contribution in [-0.4, -0.2) is 34.6 Å². The van der Waals surface area contributed by atoms with E-state index in [4.69, 9.17) is 11.6 Å². The van der Waals surface area contributed by atoms with Crippen LogP contribution in [0.4, 0.5) is 15.8 Å². The van der Waals surface area contributed by atoms with Gasteiger partial charge in [-0.25, -0.2) is 17.8 Å². The van der Waals surface area contributed by atoms with E-state index in [2.05, 4.69) is 26.1 Å². The third-order valence-corrected chi connectivity index (χ3v) is 7.77. The molecule has 0 aliphatic heterocycles. The molecule has 0 saturated heterocycles. The van der Waals surface area contributed by atoms with Gasteiger partial charge in [0, 0.05) is 35.2 Å². The van der Waals surface area contributed by atoms with Crippen molar-refractivity contribution in [3.63, 3.8) is 0 Å². The molecule has 0 saturated carbocycles. The van der Waals surface area contributed by atoms with E-state index in [0.717, 1.165) is 27.5 Å². The van der Waals surface area contributed by atoms with Gasteiger partial charge in [0.2, 0.25) is 10.0 Å². The van der Waals surface area contributed by atoms with E-state index in [9.17, 15) is 13.2 Å². The Morgan fingerprint density at radius 3 is 2.73 bits per heavy atom. The topological polar surface area (TPSA) is 109 Å². The number of amides is 1. The fraction of sp³-hybridized carbons (Fsp3) is 0.154. The highest BCUT2D eigenvalue weighted by atomic mass is 35.5. The van der Waals surface area contributed by atoms with Gasteiger partial charge in [0.25, 0.3) is 5.91 Å². The highest BCUT2D eigenvalue weighted by molar-refractivity contribution is 7.92. The molecular formula is C26H23ClFN5O3S. The summed E-state index contributed by atoms with van der Waals surface area (Å²) in [5, 5.41) is 4.31. The smallest absolute Gasteiger partial charge is 0.260 e. The molecule has 2 aromatic carbocycles. The molecular weight excluding hydrogens is 517 g/mol. The monoisotopic (exact) mass is 539 g/mol. The number of rotatable bonds is 7. The molecule has 0 bridgehead atoms. The van der Waals surface area contributed by atoms with Gasteiger partial charge in [0.05, 0.1) is 33.9 Å². The lowest BCUT2D eigenvalue weighted by atomic mass is 10.1. The first-order valence-electron chi connectivity index (χ1n) is 11.5. The number of nitrogens with one attached hydrogen (secondary N) is 3. The Morgan fingerprint density at radius 2 is 1.95 bits per heavy atom. The van der Waals surface area contributed by atoms with Gasteiger partial charge in [-0.05, 0) is 54.4 Å². The number of carbonyl (C=O) groups excluding carboxylic acids is 1. The summed E-state index contributed by atoms with van der Waals surface area (Å²) in [5.41, 5.74) is 3.10. The summed E-state index contributed by atoms with van der Waals surface area (Å²) in [6.45, 7) is 1.69. The Bertz CT molecular complexity index is 1780. The summed E-state index contributed by atoms with van der Waals surface area (Å²) >= 11 is 6.10. The molecule has 11 heteroatoms. The minimum absolute atomic E-state index is 0.150. The summed E-state index contributed by atoms with van der Waals surface area (Å²) in [4.78, 5) is 20.6. The highest BCUT2D eigenvalue weighted by Gasteiger charge is 2.22.